The number of phenols is 2. The summed E-state index contributed by atoms with van der Waals surface area (Å²) in [6.07, 6.45) is 0.511. The molecular formula is C49H52O2. The SMILES string of the molecule is CC(C)(c1ccccc1)c1ccc(O)c(C(C)(C)c2ccccc2)c1Cc1c(C(C)(C)c2ccccc2)ccc(O)c1C(C)(C)c1ccccc1. The largest absolute Gasteiger partial charge is 0.508 e. The molecule has 0 aliphatic rings. The van der Waals surface area contributed by atoms with Gasteiger partial charge in [0.1, 0.15) is 11.5 Å². The lowest BCUT2D eigenvalue weighted by Crippen LogP contribution is -2.30. The van der Waals surface area contributed by atoms with Crippen LogP contribution in [0.25, 0.3) is 0 Å². The quantitative estimate of drug-likeness (QED) is 0.152. The number of aromatic hydroxyl groups is 2. The van der Waals surface area contributed by atoms with Crippen LogP contribution in [0.3, 0.4) is 0 Å². The summed E-state index contributed by atoms with van der Waals surface area (Å²) >= 11 is 0. The summed E-state index contributed by atoms with van der Waals surface area (Å²) in [4.78, 5) is 0. The number of benzene rings is 6. The van der Waals surface area contributed by atoms with Crippen LogP contribution in [0.2, 0.25) is 0 Å². The highest BCUT2D eigenvalue weighted by Gasteiger charge is 2.39. The van der Waals surface area contributed by atoms with Crippen molar-refractivity contribution in [2.45, 2.75) is 83.5 Å². The van der Waals surface area contributed by atoms with E-state index in [9.17, 15) is 10.2 Å². The Hall–Kier alpha value is -5.08. The second kappa shape index (κ2) is 13.6. The van der Waals surface area contributed by atoms with Crippen molar-refractivity contribution >= 4 is 0 Å². The lowest BCUT2D eigenvalue weighted by Gasteiger charge is -2.38. The van der Waals surface area contributed by atoms with Gasteiger partial charge in [-0.1, -0.05) is 189 Å². The van der Waals surface area contributed by atoms with Gasteiger partial charge >= 0.3 is 0 Å². The first-order valence-corrected chi connectivity index (χ1v) is 18.1. The number of phenolic OH excluding ortho intramolecular Hbond substituents is 2. The summed E-state index contributed by atoms with van der Waals surface area (Å²) in [5.74, 6) is 0.554. The Bertz CT molecular complexity index is 1950. The summed E-state index contributed by atoms with van der Waals surface area (Å²) in [6, 6.07) is 50.3. The van der Waals surface area contributed by atoms with Gasteiger partial charge in [-0.25, -0.2) is 0 Å². The van der Waals surface area contributed by atoms with E-state index >= 15 is 0 Å². The van der Waals surface area contributed by atoms with E-state index in [1.807, 2.05) is 24.3 Å². The van der Waals surface area contributed by atoms with Crippen molar-refractivity contribution in [3.63, 3.8) is 0 Å². The Kier molecular flexibility index (Phi) is 9.51. The normalized spacial score (nSPS) is 12.5. The minimum Gasteiger partial charge on any atom is -0.508 e. The molecule has 0 bridgehead atoms. The molecule has 0 aliphatic heterocycles. The van der Waals surface area contributed by atoms with Crippen molar-refractivity contribution in [3.05, 3.63) is 201 Å². The van der Waals surface area contributed by atoms with E-state index in [4.69, 9.17) is 0 Å². The molecule has 0 atom stereocenters. The topological polar surface area (TPSA) is 40.5 Å². The van der Waals surface area contributed by atoms with E-state index in [0.717, 1.165) is 44.5 Å². The number of rotatable bonds is 10. The van der Waals surface area contributed by atoms with Gasteiger partial charge in [0.05, 0.1) is 0 Å². The van der Waals surface area contributed by atoms with Crippen molar-refractivity contribution in [1.82, 2.24) is 0 Å². The van der Waals surface area contributed by atoms with Gasteiger partial charge in [0.2, 0.25) is 0 Å². The van der Waals surface area contributed by atoms with Crippen LogP contribution in [0.1, 0.15) is 111 Å². The predicted molar refractivity (Wildman–Crippen MR) is 213 cm³/mol. The molecule has 0 amide bonds. The third kappa shape index (κ3) is 6.49. The minimum atomic E-state index is -0.537. The molecule has 0 aliphatic carbocycles. The Morgan fingerprint density at radius 3 is 0.863 bits per heavy atom. The first-order chi connectivity index (χ1) is 24.2. The molecule has 0 radical (unpaired) electrons. The molecule has 0 fully saturated rings. The number of hydrogen-bond donors (Lipinski definition) is 2. The average Bonchev–Trinajstić information content (AvgIpc) is 3.13. The summed E-state index contributed by atoms with van der Waals surface area (Å²) in [6.45, 7) is 18.0. The molecule has 0 unspecified atom stereocenters. The van der Waals surface area contributed by atoms with Gasteiger partial charge in [-0.3, -0.25) is 0 Å². The van der Waals surface area contributed by atoms with Gasteiger partial charge in [-0.2, -0.15) is 0 Å². The second-order valence-corrected chi connectivity index (χ2v) is 16.1. The third-order valence-corrected chi connectivity index (χ3v) is 11.5. The van der Waals surface area contributed by atoms with E-state index in [0.29, 0.717) is 6.42 Å². The molecule has 0 heterocycles. The van der Waals surface area contributed by atoms with Crippen LogP contribution in [0, 0.1) is 0 Å². The van der Waals surface area contributed by atoms with Crippen LogP contribution in [0.4, 0.5) is 0 Å². The molecular weight excluding hydrogens is 621 g/mol. The standard InChI is InChI=1S/C49H52O2/c1-46(2,34-21-13-9-14-22-34)40-29-31-42(50)44(48(5,6)36-25-17-11-18-26-36)38(40)33-39-41(47(3,4)35-23-15-10-16-24-35)30-32-43(51)45(39)49(7,8)37-27-19-12-20-28-37/h9-32,50-51H,33H2,1-8H3. The van der Waals surface area contributed by atoms with Gasteiger partial charge < -0.3 is 10.2 Å². The fourth-order valence-electron chi connectivity index (χ4n) is 8.40. The average molecular weight is 673 g/mol. The molecule has 6 aromatic rings. The Labute approximate surface area is 305 Å². The maximum Gasteiger partial charge on any atom is 0.119 e. The molecule has 0 saturated carbocycles. The molecule has 6 rings (SSSR count). The predicted octanol–water partition coefficient (Wildman–Crippen LogP) is 12.0. The highest BCUT2D eigenvalue weighted by Crippen LogP contribution is 2.49. The monoisotopic (exact) mass is 672 g/mol. The second-order valence-electron chi connectivity index (χ2n) is 16.1. The summed E-state index contributed by atoms with van der Waals surface area (Å²) in [7, 11) is 0. The van der Waals surface area contributed by atoms with Crippen LogP contribution >= 0.6 is 0 Å². The first kappa shape index (κ1) is 35.7. The smallest absolute Gasteiger partial charge is 0.119 e. The molecule has 6 aromatic carbocycles. The highest BCUT2D eigenvalue weighted by atomic mass is 16.3. The van der Waals surface area contributed by atoms with Gasteiger partial charge in [-0.05, 0) is 63.1 Å². The zero-order chi connectivity index (χ0) is 36.6. The Morgan fingerprint density at radius 1 is 0.333 bits per heavy atom. The minimum absolute atomic E-state index is 0.277. The van der Waals surface area contributed by atoms with Crippen LogP contribution in [-0.4, -0.2) is 10.2 Å². The first-order valence-electron chi connectivity index (χ1n) is 18.1. The molecule has 0 spiro atoms. The van der Waals surface area contributed by atoms with Crippen LogP contribution in [0.5, 0.6) is 11.5 Å². The van der Waals surface area contributed by atoms with Crippen molar-refractivity contribution in [2.75, 3.05) is 0 Å². The molecule has 2 N–H and O–H groups in total. The van der Waals surface area contributed by atoms with Crippen molar-refractivity contribution in [1.29, 1.82) is 0 Å². The summed E-state index contributed by atoms with van der Waals surface area (Å²) in [5.41, 5.74) is 9.07. The zero-order valence-electron chi connectivity index (χ0n) is 31.5. The maximum atomic E-state index is 12.0. The van der Waals surface area contributed by atoms with Gasteiger partial charge in [0.25, 0.3) is 0 Å². The Balaban J connectivity index is 1.73. The number of hydrogen-bond acceptors (Lipinski definition) is 2. The Morgan fingerprint density at radius 2 is 0.588 bits per heavy atom. The van der Waals surface area contributed by atoms with E-state index in [1.54, 1.807) is 0 Å². The maximum absolute atomic E-state index is 12.0. The summed E-state index contributed by atoms with van der Waals surface area (Å²) < 4.78 is 0. The van der Waals surface area contributed by atoms with Crippen molar-refractivity contribution in [2.24, 2.45) is 0 Å². The van der Waals surface area contributed by atoms with Crippen molar-refractivity contribution < 1.29 is 10.2 Å². The molecule has 51 heavy (non-hydrogen) atoms. The van der Waals surface area contributed by atoms with E-state index in [1.165, 1.54) is 11.1 Å². The molecule has 0 saturated heterocycles. The van der Waals surface area contributed by atoms with E-state index in [-0.39, 0.29) is 11.5 Å². The lowest BCUT2D eigenvalue weighted by molar-refractivity contribution is 0.447. The summed E-state index contributed by atoms with van der Waals surface area (Å²) in [5, 5.41) is 24.1. The fourth-order valence-corrected chi connectivity index (χ4v) is 8.40. The molecule has 2 heteroatoms. The molecule has 260 valence electrons. The highest BCUT2D eigenvalue weighted by molar-refractivity contribution is 5.62. The van der Waals surface area contributed by atoms with Gasteiger partial charge in [0.15, 0.2) is 0 Å². The van der Waals surface area contributed by atoms with Crippen LogP contribution in [0.15, 0.2) is 146 Å². The fraction of sp³-hybridized carbons (Fsp3) is 0.265. The van der Waals surface area contributed by atoms with Crippen LogP contribution < -0.4 is 0 Å². The molecule has 0 aromatic heterocycles. The molecule has 2 nitrogen and oxygen atoms in total. The van der Waals surface area contributed by atoms with E-state index < -0.39 is 21.7 Å². The zero-order valence-corrected chi connectivity index (χ0v) is 31.5. The lowest BCUT2D eigenvalue weighted by atomic mass is 9.65. The van der Waals surface area contributed by atoms with Gasteiger partial charge in [-0.15, -0.1) is 0 Å². The van der Waals surface area contributed by atoms with Gasteiger partial charge in [0, 0.05) is 32.8 Å². The van der Waals surface area contributed by atoms with E-state index in [2.05, 4.69) is 177 Å². The third-order valence-electron chi connectivity index (χ3n) is 11.5. The van der Waals surface area contributed by atoms with Crippen LogP contribution in [-0.2, 0) is 28.1 Å². The van der Waals surface area contributed by atoms with Crippen molar-refractivity contribution in [3.8, 4) is 11.5 Å².